The molecule has 0 saturated carbocycles. The highest BCUT2D eigenvalue weighted by Gasteiger charge is 2.31. The van der Waals surface area contributed by atoms with Crippen molar-refractivity contribution in [3.8, 4) is 6.07 Å². The van der Waals surface area contributed by atoms with Gasteiger partial charge >= 0.3 is 0 Å². The van der Waals surface area contributed by atoms with Gasteiger partial charge in [0.05, 0.1) is 11.6 Å². The molecule has 2 heterocycles. The van der Waals surface area contributed by atoms with E-state index in [2.05, 4.69) is 72.2 Å². The van der Waals surface area contributed by atoms with Crippen molar-refractivity contribution >= 4 is 33.8 Å². The normalized spacial score (nSPS) is 14.7. The Morgan fingerprint density at radius 3 is 2.34 bits per heavy atom. The van der Waals surface area contributed by atoms with Gasteiger partial charge < -0.3 is 4.57 Å². The fourth-order valence-corrected chi connectivity index (χ4v) is 5.27. The first-order valence-electron chi connectivity index (χ1n) is 11.7. The van der Waals surface area contributed by atoms with Crippen molar-refractivity contribution in [1.82, 2.24) is 9.47 Å². The van der Waals surface area contributed by atoms with E-state index in [1.165, 1.54) is 5.56 Å². The molecule has 1 atom stereocenters. The molecule has 4 aromatic carbocycles. The smallest absolute Gasteiger partial charge is 0.259 e. The van der Waals surface area contributed by atoms with Gasteiger partial charge in [-0.1, -0.05) is 66.7 Å². The third kappa shape index (κ3) is 3.33. The van der Waals surface area contributed by atoms with Crippen molar-refractivity contribution in [2.75, 3.05) is 0 Å². The Morgan fingerprint density at radius 1 is 0.914 bits per heavy atom. The second kappa shape index (κ2) is 8.30. The van der Waals surface area contributed by atoms with Crippen molar-refractivity contribution < 1.29 is 4.79 Å². The minimum atomic E-state index is -0.693. The molecule has 0 saturated heterocycles. The number of hydrogen-bond donors (Lipinski definition) is 0. The molecule has 1 amide bonds. The van der Waals surface area contributed by atoms with Crippen LogP contribution >= 0.6 is 0 Å². The highest BCUT2D eigenvalue weighted by Crippen LogP contribution is 2.40. The molecule has 4 heteroatoms. The van der Waals surface area contributed by atoms with Crippen molar-refractivity contribution in [3.05, 3.63) is 125 Å². The summed E-state index contributed by atoms with van der Waals surface area (Å²) in [4.78, 5) is 14.8. The SMILES string of the molecule is Cc1c2c(cc3c4ccccc4n(Cc4ccccc4)c13)C(C#N)N(C(=O)c1ccccc1)C=C2. The molecule has 0 fully saturated rings. The number of carbonyl (C=O) groups excluding carboxylic acids is 1. The number of nitriles is 1. The van der Waals surface area contributed by atoms with E-state index < -0.39 is 6.04 Å². The zero-order valence-corrected chi connectivity index (χ0v) is 19.3. The predicted octanol–water partition coefficient (Wildman–Crippen LogP) is 6.84. The topological polar surface area (TPSA) is 49.0 Å². The third-order valence-corrected chi connectivity index (χ3v) is 6.92. The second-order valence-corrected chi connectivity index (χ2v) is 8.92. The van der Waals surface area contributed by atoms with E-state index in [0.29, 0.717) is 5.56 Å². The number of rotatable bonds is 3. The fourth-order valence-electron chi connectivity index (χ4n) is 5.27. The number of nitrogens with zero attached hydrogens (tertiary/aromatic N) is 3. The van der Waals surface area contributed by atoms with Gasteiger partial charge in [0, 0.05) is 34.6 Å². The fraction of sp³-hybridized carbons (Fsp3) is 0.0968. The van der Waals surface area contributed by atoms with Crippen LogP contribution in [0.3, 0.4) is 0 Å². The van der Waals surface area contributed by atoms with E-state index in [1.54, 1.807) is 23.2 Å². The third-order valence-electron chi connectivity index (χ3n) is 6.92. The van der Waals surface area contributed by atoms with Crippen LogP contribution in [0.5, 0.6) is 0 Å². The molecule has 0 bridgehead atoms. The Morgan fingerprint density at radius 2 is 1.60 bits per heavy atom. The molecule has 6 rings (SSSR count). The molecule has 0 N–H and O–H groups in total. The van der Waals surface area contributed by atoms with Gasteiger partial charge in [0.1, 0.15) is 6.04 Å². The number of hydrogen-bond acceptors (Lipinski definition) is 2. The highest BCUT2D eigenvalue weighted by atomic mass is 16.2. The van der Waals surface area contributed by atoms with Crippen LogP contribution in [0.2, 0.25) is 0 Å². The van der Waals surface area contributed by atoms with Crippen LogP contribution < -0.4 is 0 Å². The maximum Gasteiger partial charge on any atom is 0.259 e. The number of benzene rings is 4. The summed E-state index contributed by atoms with van der Waals surface area (Å²) in [7, 11) is 0. The number of amides is 1. The molecule has 1 aliphatic rings. The lowest BCUT2D eigenvalue weighted by atomic mass is 9.90. The second-order valence-electron chi connectivity index (χ2n) is 8.92. The first kappa shape index (κ1) is 20.9. The summed E-state index contributed by atoms with van der Waals surface area (Å²) in [5, 5.41) is 12.5. The van der Waals surface area contributed by atoms with Gasteiger partial charge in [-0.3, -0.25) is 9.69 Å². The minimum Gasteiger partial charge on any atom is -0.336 e. The van der Waals surface area contributed by atoms with Crippen molar-refractivity contribution in [1.29, 1.82) is 5.26 Å². The number of aromatic nitrogens is 1. The summed E-state index contributed by atoms with van der Waals surface area (Å²) >= 11 is 0. The Hall–Kier alpha value is -4.62. The molecule has 0 radical (unpaired) electrons. The number of fused-ring (bicyclic) bond motifs is 4. The van der Waals surface area contributed by atoms with Crippen molar-refractivity contribution in [2.24, 2.45) is 0 Å². The quantitative estimate of drug-likeness (QED) is 0.300. The minimum absolute atomic E-state index is 0.177. The van der Waals surface area contributed by atoms with E-state index in [-0.39, 0.29) is 5.91 Å². The van der Waals surface area contributed by atoms with Crippen molar-refractivity contribution in [2.45, 2.75) is 19.5 Å². The molecule has 168 valence electrons. The van der Waals surface area contributed by atoms with Crippen molar-refractivity contribution in [3.63, 3.8) is 0 Å². The molecule has 5 aromatic rings. The first-order chi connectivity index (χ1) is 17.2. The average Bonchev–Trinajstić information content (AvgIpc) is 3.22. The van der Waals surface area contributed by atoms with Gasteiger partial charge in [0.25, 0.3) is 5.91 Å². The lowest BCUT2D eigenvalue weighted by Crippen LogP contribution is -2.32. The van der Waals surface area contributed by atoms with Gasteiger partial charge in [-0.05, 0) is 59.5 Å². The van der Waals surface area contributed by atoms with E-state index in [9.17, 15) is 10.1 Å². The van der Waals surface area contributed by atoms with Crippen LogP contribution in [0, 0.1) is 18.3 Å². The zero-order valence-electron chi connectivity index (χ0n) is 19.3. The number of carbonyl (C=O) groups is 1. The Bertz CT molecular complexity index is 1660. The van der Waals surface area contributed by atoms with E-state index >= 15 is 0 Å². The summed E-state index contributed by atoms with van der Waals surface area (Å²) in [5.74, 6) is -0.177. The van der Waals surface area contributed by atoms with Crippen LogP contribution in [0.1, 0.15) is 38.7 Å². The van der Waals surface area contributed by atoms with Crippen LogP contribution in [0.25, 0.3) is 27.9 Å². The Labute approximate surface area is 204 Å². The van der Waals surface area contributed by atoms with Gasteiger partial charge in [-0.2, -0.15) is 5.26 Å². The van der Waals surface area contributed by atoms with E-state index in [4.69, 9.17) is 0 Å². The van der Waals surface area contributed by atoms with Crippen LogP contribution in [-0.4, -0.2) is 15.4 Å². The molecular weight excluding hydrogens is 430 g/mol. The molecule has 0 spiro atoms. The summed E-state index contributed by atoms with van der Waals surface area (Å²) in [6.45, 7) is 2.88. The van der Waals surface area contributed by atoms with Crippen LogP contribution in [-0.2, 0) is 6.54 Å². The molecule has 4 nitrogen and oxygen atoms in total. The molecular formula is C31H23N3O. The molecule has 0 aliphatic carbocycles. The summed E-state index contributed by atoms with van der Waals surface area (Å²) in [6, 6.07) is 31.8. The largest absolute Gasteiger partial charge is 0.336 e. The van der Waals surface area contributed by atoms with Gasteiger partial charge in [0.15, 0.2) is 0 Å². The van der Waals surface area contributed by atoms with Gasteiger partial charge in [0.2, 0.25) is 0 Å². The van der Waals surface area contributed by atoms with Crippen LogP contribution in [0.15, 0.2) is 97.2 Å². The van der Waals surface area contributed by atoms with E-state index in [1.807, 2.05) is 30.3 Å². The Kier molecular flexibility index (Phi) is 4.97. The number of aryl methyl sites for hydroxylation is 1. The monoisotopic (exact) mass is 453 g/mol. The lowest BCUT2D eigenvalue weighted by Gasteiger charge is -2.30. The molecule has 1 aromatic heterocycles. The molecule has 1 aliphatic heterocycles. The average molecular weight is 454 g/mol. The lowest BCUT2D eigenvalue weighted by molar-refractivity contribution is 0.0794. The van der Waals surface area contributed by atoms with Gasteiger partial charge in [-0.25, -0.2) is 0 Å². The number of para-hydroxylation sites is 1. The van der Waals surface area contributed by atoms with Crippen LogP contribution in [0.4, 0.5) is 0 Å². The maximum atomic E-state index is 13.3. The predicted molar refractivity (Wildman–Crippen MR) is 140 cm³/mol. The zero-order chi connectivity index (χ0) is 23.9. The van der Waals surface area contributed by atoms with E-state index in [0.717, 1.165) is 45.0 Å². The first-order valence-corrected chi connectivity index (χ1v) is 11.7. The van der Waals surface area contributed by atoms with Gasteiger partial charge in [-0.15, -0.1) is 0 Å². The summed E-state index contributed by atoms with van der Waals surface area (Å²) < 4.78 is 2.37. The summed E-state index contributed by atoms with van der Waals surface area (Å²) in [6.07, 6.45) is 3.73. The summed E-state index contributed by atoms with van der Waals surface area (Å²) in [5.41, 5.74) is 7.12. The molecule has 1 unspecified atom stereocenters. The Balaban J connectivity index is 1.56. The maximum absolute atomic E-state index is 13.3. The molecule has 35 heavy (non-hydrogen) atoms. The standard InChI is InChI=1S/C31H23N3O/c1-21-24-16-17-33(31(35)23-12-6-3-7-13-23)29(19-32)26(24)18-27-25-14-8-9-15-28(25)34(30(21)27)20-22-10-4-2-5-11-22/h2-18,29H,20H2,1H3. The highest BCUT2D eigenvalue weighted by molar-refractivity contribution is 6.10.